The highest BCUT2D eigenvalue weighted by atomic mass is 31.1. The molecule has 0 amide bonds. The zero-order chi connectivity index (χ0) is 21.2. The summed E-state index contributed by atoms with van der Waals surface area (Å²) in [7, 11) is -2.38. The minimum Gasteiger partial charge on any atom is -0.418 e. The summed E-state index contributed by atoms with van der Waals surface area (Å²) in [5.41, 5.74) is 2.33. The van der Waals surface area contributed by atoms with Crippen LogP contribution in [0.15, 0.2) is 0 Å². The SMILES string of the molecule is F[B-](F)(F)F.PC1(CCCCP(C2CCCCC2)C2CCCCC2)CCCCC1. The molecule has 7 heteroatoms. The molecule has 0 heterocycles. The number of hydrogen-bond acceptors (Lipinski definition) is 0. The Morgan fingerprint density at radius 3 is 1.55 bits per heavy atom. The standard InChI is InChI=1S/C22H42P2.BF4/c23-22(16-8-3-9-17-22)18-10-11-19-24(20-12-4-1-5-13-20)21-14-6-2-7-15-21;2-1(3,4)5/h20-21H,1-19,23H2;/q;-1. The zero-order valence-corrected chi connectivity index (χ0v) is 20.3. The maximum atomic E-state index is 9.75. The molecule has 1 unspecified atom stereocenters. The first-order chi connectivity index (χ1) is 13.8. The van der Waals surface area contributed by atoms with E-state index in [2.05, 4.69) is 9.24 Å². The van der Waals surface area contributed by atoms with E-state index in [1.54, 1.807) is 63.9 Å². The summed E-state index contributed by atoms with van der Waals surface area (Å²) in [6.07, 6.45) is 29.2. The molecule has 0 spiro atoms. The molecule has 3 saturated carbocycles. The molecule has 0 N–H and O–H groups in total. The molecular formula is C22H42BF4P2-. The molecule has 172 valence electrons. The fourth-order valence-electron chi connectivity index (χ4n) is 5.77. The lowest BCUT2D eigenvalue weighted by Gasteiger charge is -2.39. The van der Waals surface area contributed by atoms with Crippen LogP contribution in [-0.4, -0.2) is 29.9 Å². The Kier molecular flexibility index (Phi) is 11.8. The molecule has 3 rings (SSSR count). The quantitative estimate of drug-likeness (QED) is 0.155. The van der Waals surface area contributed by atoms with Gasteiger partial charge in [-0.05, 0) is 74.0 Å². The van der Waals surface area contributed by atoms with Gasteiger partial charge in [0.25, 0.3) is 0 Å². The second kappa shape index (κ2) is 13.3. The van der Waals surface area contributed by atoms with Crippen molar-refractivity contribution in [3.63, 3.8) is 0 Å². The minimum absolute atomic E-state index is 0.351. The van der Waals surface area contributed by atoms with Gasteiger partial charge in [0.15, 0.2) is 0 Å². The fraction of sp³-hybridized carbons (Fsp3) is 1.00. The van der Waals surface area contributed by atoms with E-state index in [9.17, 15) is 17.3 Å². The zero-order valence-electron chi connectivity index (χ0n) is 18.2. The molecule has 1 atom stereocenters. The molecule has 0 bridgehead atoms. The molecular weight excluding hydrogens is 413 g/mol. The Bertz CT molecular complexity index is 405. The van der Waals surface area contributed by atoms with Crippen molar-refractivity contribution in [1.82, 2.24) is 0 Å². The number of hydrogen-bond donors (Lipinski definition) is 0. The first kappa shape index (κ1) is 25.9. The van der Waals surface area contributed by atoms with Gasteiger partial charge in [-0.1, -0.05) is 64.2 Å². The van der Waals surface area contributed by atoms with Crippen molar-refractivity contribution in [1.29, 1.82) is 0 Å². The van der Waals surface area contributed by atoms with Crippen LogP contribution in [0.3, 0.4) is 0 Å². The normalized spacial score (nSPS) is 24.2. The van der Waals surface area contributed by atoms with Gasteiger partial charge in [0.05, 0.1) is 0 Å². The highest BCUT2D eigenvalue weighted by Crippen LogP contribution is 2.56. The highest BCUT2D eigenvalue weighted by Gasteiger charge is 2.31. The van der Waals surface area contributed by atoms with E-state index in [0.717, 1.165) is 11.3 Å². The molecule has 0 aliphatic heterocycles. The van der Waals surface area contributed by atoms with E-state index in [1.165, 1.54) is 57.8 Å². The molecule has 0 nitrogen and oxygen atoms in total. The van der Waals surface area contributed by atoms with Crippen LogP contribution in [0.25, 0.3) is 0 Å². The summed E-state index contributed by atoms with van der Waals surface area (Å²) in [6.45, 7) is 0. The van der Waals surface area contributed by atoms with E-state index >= 15 is 0 Å². The fourth-order valence-corrected chi connectivity index (χ4v) is 10.4. The summed E-state index contributed by atoms with van der Waals surface area (Å²) in [4.78, 5) is 0. The molecule has 0 aromatic carbocycles. The van der Waals surface area contributed by atoms with E-state index < -0.39 is 7.25 Å². The van der Waals surface area contributed by atoms with Crippen LogP contribution >= 0.6 is 17.2 Å². The van der Waals surface area contributed by atoms with Crippen LogP contribution in [0.2, 0.25) is 0 Å². The monoisotopic (exact) mass is 455 g/mol. The largest absolute Gasteiger partial charge is 0.673 e. The van der Waals surface area contributed by atoms with Crippen LogP contribution in [0.4, 0.5) is 17.3 Å². The summed E-state index contributed by atoms with van der Waals surface area (Å²) < 4.78 is 39.0. The van der Waals surface area contributed by atoms with Gasteiger partial charge >= 0.3 is 7.25 Å². The Morgan fingerprint density at radius 1 is 0.690 bits per heavy atom. The number of unbranched alkanes of at least 4 members (excludes halogenated alkanes) is 1. The predicted octanol–water partition coefficient (Wildman–Crippen LogP) is 9.18. The van der Waals surface area contributed by atoms with Crippen molar-refractivity contribution in [3.8, 4) is 0 Å². The molecule has 29 heavy (non-hydrogen) atoms. The van der Waals surface area contributed by atoms with Gasteiger partial charge in [-0.15, -0.1) is 17.2 Å². The molecule has 3 fully saturated rings. The average Bonchev–Trinajstić information content (AvgIpc) is 2.69. The summed E-state index contributed by atoms with van der Waals surface area (Å²) in [6, 6.07) is 0. The van der Waals surface area contributed by atoms with E-state index in [1.807, 2.05) is 0 Å². The third-order valence-electron chi connectivity index (χ3n) is 7.28. The Hall–Kier alpha value is 0.645. The minimum atomic E-state index is -6.00. The van der Waals surface area contributed by atoms with Gasteiger partial charge in [0.1, 0.15) is 0 Å². The van der Waals surface area contributed by atoms with E-state index in [4.69, 9.17) is 0 Å². The van der Waals surface area contributed by atoms with Crippen molar-refractivity contribution in [2.45, 2.75) is 132 Å². The van der Waals surface area contributed by atoms with Crippen LogP contribution in [0.5, 0.6) is 0 Å². The molecule has 3 aliphatic carbocycles. The molecule has 0 aromatic rings. The van der Waals surface area contributed by atoms with Gasteiger partial charge in [-0.3, -0.25) is 0 Å². The predicted molar refractivity (Wildman–Crippen MR) is 125 cm³/mol. The van der Waals surface area contributed by atoms with Crippen LogP contribution in [0.1, 0.15) is 116 Å². The lowest BCUT2D eigenvalue weighted by atomic mass is 9.85. The maximum Gasteiger partial charge on any atom is 0.673 e. The molecule has 0 aromatic heterocycles. The van der Waals surface area contributed by atoms with Crippen LogP contribution in [0, 0.1) is 0 Å². The van der Waals surface area contributed by atoms with Gasteiger partial charge in [0, 0.05) is 0 Å². The summed E-state index contributed by atoms with van der Waals surface area (Å²) >= 11 is 0. The van der Waals surface area contributed by atoms with Crippen molar-refractivity contribution >= 4 is 24.4 Å². The molecule has 0 radical (unpaired) electrons. The summed E-state index contributed by atoms with van der Waals surface area (Å²) in [5.74, 6) is 0. The Labute approximate surface area is 180 Å². The third kappa shape index (κ3) is 11.2. The highest BCUT2D eigenvalue weighted by molar-refractivity contribution is 7.59. The first-order valence-corrected chi connectivity index (χ1v) is 14.4. The van der Waals surface area contributed by atoms with E-state index in [0.29, 0.717) is 13.1 Å². The van der Waals surface area contributed by atoms with Gasteiger partial charge in [-0.25, -0.2) is 0 Å². The second-order valence-electron chi connectivity index (χ2n) is 9.70. The smallest absolute Gasteiger partial charge is 0.418 e. The second-order valence-corrected chi connectivity index (χ2v) is 13.9. The lowest BCUT2D eigenvalue weighted by Crippen LogP contribution is -2.24. The van der Waals surface area contributed by atoms with E-state index in [-0.39, 0.29) is 0 Å². The molecule has 0 saturated heterocycles. The van der Waals surface area contributed by atoms with Crippen molar-refractivity contribution in [3.05, 3.63) is 0 Å². The van der Waals surface area contributed by atoms with Crippen LogP contribution < -0.4 is 0 Å². The Morgan fingerprint density at radius 2 is 1.10 bits per heavy atom. The molecule has 3 aliphatic rings. The van der Waals surface area contributed by atoms with Crippen molar-refractivity contribution in [2.24, 2.45) is 0 Å². The number of rotatable bonds is 7. The topological polar surface area (TPSA) is 0 Å². The van der Waals surface area contributed by atoms with Gasteiger partial charge < -0.3 is 17.3 Å². The maximum absolute atomic E-state index is 9.75. The Balaban J connectivity index is 0.000000537. The van der Waals surface area contributed by atoms with Crippen molar-refractivity contribution in [2.75, 3.05) is 6.16 Å². The van der Waals surface area contributed by atoms with Gasteiger partial charge in [-0.2, -0.15) is 0 Å². The average molecular weight is 455 g/mol. The van der Waals surface area contributed by atoms with Crippen LogP contribution in [-0.2, 0) is 0 Å². The van der Waals surface area contributed by atoms with Gasteiger partial charge in [0.2, 0.25) is 0 Å². The summed E-state index contributed by atoms with van der Waals surface area (Å²) in [5, 5.41) is 0.636. The number of halogens is 4. The lowest BCUT2D eigenvalue weighted by molar-refractivity contribution is 0.368. The van der Waals surface area contributed by atoms with Crippen molar-refractivity contribution < 1.29 is 17.3 Å². The first-order valence-electron chi connectivity index (χ1n) is 12.2. The third-order valence-corrected chi connectivity index (χ3v) is 11.9.